The highest BCUT2D eigenvalue weighted by Gasteiger charge is 2.18. The maximum atomic E-state index is 13.3. The van der Waals surface area contributed by atoms with Crippen molar-refractivity contribution in [2.75, 3.05) is 5.32 Å². The van der Waals surface area contributed by atoms with Crippen LogP contribution in [0.25, 0.3) is 11.0 Å². The third-order valence-corrected chi connectivity index (χ3v) is 3.47. The Morgan fingerprint density at radius 3 is 2.86 bits per heavy atom. The van der Waals surface area contributed by atoms with Gasteiger partial charge in [0.15, 0.2) is 5.76 Å². The summed E-state index contributed by atoms with van der Waals surface area (Å²) >= 11 is 0. The van der Waals surface area contributed by atoms with Crippen molar-refractivity contribution < 1.29 is 18.7 Å². The van der Waals surface area contributed by atoms with Gasteiger partial charge < -0.3 is 14.8 Å². The summed E-state index contributed by atoms with van der Waals surface area (Å²) in [4.78, 5) is 12.3. The molecule has 1 aromatic heterocycles. The van der Waals surface area contributed by atoms with Gasteiger partial charge in [-0.25, -0.2) is 4.39 Å². The number of benzene rings is 2. The Bertz CT molecular complexity index is 854. The number of nitrogens with one attached hydrogen (secondary N) is 1. The lowest BCUT2D eigenvalue weighted by atomic mass is 10.1. The zero-order valence-corrected chi connectivity index (χ0v) is 11.9. The molecule has 112 valence electrons. The van der Waals surface area contributed by atoms with Crippen molar-refractivity contribution in [2.24, 2.45) is 0 Å². The molecule has 0 aliphatic carbocycles. The van der Waals surface area contributed by atoms with E-state index in [9.17, 15) is 9.18 Å². The number of rotatable bonds is 3. The first-order valence-electron chi connectivity index (χ1n) is 6.78. The maximum Gasteiger partial charge on any atom is 0.291 e. The summed E-state index contributed by atoms with van der Waals surface area (Å²) < 4.78 is 18.8. The van der Waals surface area contributed by atoms with E-state index in [0.717, 1.165) is 0 Å². The van der Waals surface area contributed by atoms with Crippen LogP contribution in [-0.2, 0) is 6.61 Å². The molecular formula is C17H14FNO3. The first-order valence-corrected chi connectivity index (χ1v) is 6.78. The molecule has 3 aromatic rings. The van der Waals surface area contributed by atoms with Gasteiger partial charge >= 0.3 is 0 Å². The molecule has 0 atom stereocenters. The van der Waals surface area contributed by atoms with Gasteiger partial charge in [-0.2, -0.15) is 0 Å². The molecule has 0 fully saturated rings. The Hall–Kier alpha value is -2.66. The van der Waals surface area contributed by atoms with Crippen LogP contribution in [-0.4, -0.2) is 11.0 Å². The summed E-state index contributed by atoms with van der Waals surface area (Å²) in [7, 11) is 0. The fourth-order valence-corrected chi connectivity index (χ4v) is 2.35. The Morgan fingerprint density at radius 1 is 1.27 bits per heavy atom. The van der Waals surface area contributed by atoms with E-state index >= 15 is 0 Å². The van der Waals surface area contributed by atoms with Crippen LogP contribution in [0.15, 0.2) is 46.9 Å². The van der Waals surface area contributed by atoms with Crippen LogP contribution >= 0.6 is 0 Å². The smallest absolute Gasteiger partial charge is 0.291 e. The average molecular weight is 299 g/mol. The molecule has 22 heavy (non-hydrogen) atoms. The minimum atomic E-state index is -0.413. The summed E-state index contributed by atoms with van der Waals surface area (Å²) in [6.07, 6.45) is 0. The molecule has 2 N–H and O–H groups in total. The minimum Gasteiger partial charge on any atom is -0.451 e. The highest BCUT2D eigenvalue weighted by molar-refractivity contribution is 6.06. The fraction of sp³-hybridized carbons (Fsp3) is 0.118. The van der Waals surface area contributed by atoms with Crippen molar-refractivity contribution in [1.82, 2.24) is 0 Å². The number of carbonyl (C=O) groups excluding carboxylic acids is 1. The normalized spacial score (nSPS) is 10.9. The van der Waals surface area contributed by atoms with Crippen molar-refractivity contribution in [1.29, 1.82) is 0 Å². The van der Waals surface area contributed by atoms with Crippen LogP contribution in [0.3, 0.4) is 0 Å². The van der Waals surface area contributed by atoms with Crippen molar-refractivity contribution in [3.63, 3.8) is 0 Å². The molecule has 3 rings (SSSR count). The molecule has 0 aliphatic rings. The lowest BCUT2D eigenvalue weighted by molar-refractivity contribution is 0.0998. The van der Waals surface area contributed by atoms with E-state index in [2.05, 4.69) is 5.32 Å². The Balaban J connectivity index is 1.93. The number of halogens is 1. The standard InChI is InChI=1S/C17H14FNO3/c1-10-14-8-12(18)5-6-15(14)22-16(10)17(21)19-13-4-2-3-11(7-13)9-20/h2-8,20H,9H2,1H3,(H,19,21). The highest BCUT2D eigenvalue weighted by atomic mass is 19.1. The molecule has 1 amide bonds. The number of hydrogen-bond donors (Lipinski definition) is 2. The molecule has 0 spiro atoms. The lowest BCUT2D eigenvalue weighted by Crippen LogP contribution is -2.12. The fourth-order valence-electron chi connectivity index (χ4n) is 2.35. The van der Waals surface area contributed by atoms with Gasteiger partial charge in [-0.05, 0) is 42.8 Å². The van der Waals surface area contributed by atoms with Crippen LogP contribution in [0, 0.1) is 12.7 Å². The Labute approximate surface area is 126 Å². The quantitative estimate of drug-likeness (QED) is 0.776. The van der Waals surface area contributed by atoms with Crippen molar-refractivity contribution in [3.05, 3.63) is 65.2 Å². The first-order chi connectivity index (χ1) is 10.6. The number of amides is 1. The van der Waals surface area contributed by atoms with Gasteiger partial charge in [-0.15, -0.1) is 0 Å². The lowest BCUT2D eigenvalue weighted by Gasteiger charge is -2.05. The van der Waals surface area contributed by atoms with E-state index in [1.165, 1.54) is 18.2 Å². The molecule has 0 saturated heterocycles. The third-order valence-electron chi connectivity index (χ3n) is 3.47. The molecular weight excluding hydrogens is 285 g/mol. The van der Waals surface area contributed by atoms with Gasteiger partial charge in [0.1, 0.15) is 11.4 Å². The molecule has 5 heteroatoms. The van der Waals surface area contributed by atoms with Gasteiger partial charge in [-0.3, -0.25) is 4.79 Å². The molecule has 2 aromatic carbocycles. The molecule has 0 saturated carbocycles. The van der Waals surface area contributed by atoms with E-state index < -0.39 is 5.91 Å². The number of furan rings is 1. The van der Waals surface area contributed by atoms with Crippen molar-refractivity contribution in [3.8, 4) is 0 Å². The molecule has 0 aliphatic heterocycles. The second-order valence-electron chi connectivity index (χ2n) is 5.01. The monoisotopic (exact) mass is 299 g/mol. The second-order valence-corrected chi connectivity index (χ2v) is 5.01. The number of aliphatic hydroxyl groups excluding tert-OH is 1. The van der Waals surface area contributed by atoms with Crippen molar-refractivity contribution >= 4 is 22.6 Å². The summed E-state index contributed by atoms with van der Waals surface area (Å²) in [5.41, 5.74) is 2.31. The summed E-state index contributed by atoms with van der Waals surface area (Å²) in [5.74, 6) is -0.641. The zero-order chi connectivity index (χ0) is 15.7. The van der Waals surface area contributed by atoms with E-state index in [1.54, 1.807) is 31.2 Å². The van der Waals surface area contributed by atoms with Gasteiger partial charge in [0.25, 0.3) is 5.91 Å². The second kappa shape index (κ2) is 5.61. The largest absolute Gasteiger partial charge is 0.451 e. The van der Waals surface area contributed by atoms with Gasteiger partial charge in [0.2, 0.25) is 0 Å². The SMILES string of the molecule is Cc1c(C(=O)Nc2cccc(CO)c2)oc2ccc(F)cc12. The van der Waals surface area contributed by atoms with Gasteiger partial charge in [0.05, 0.1) is 6.61 Å². The van der Waals surface area contributed by atoms with E-state index in [1.807, 2.05) is 0 Å². The number of carbonyl (C=O) groups is 1. The van der Waals surface area contributed by atoms with E-state index in [0.29, 0.717) is 27.8 Å². The zero-order valence-electron chi connectivity index (χ0n) is 11.9. The van der Waals surface area contributed by atoms with E-state index in [-0.39, 0.29) is 18.2 Å². The third kappa shape index (κ3) is 2.58. The number of hydrogen-bond acceptors (Lipinski definition) is 3. The molecule has 1 heterocycles. The minimum absolute atomic E-state index is 0.105. The molecule has 4 nitrogen and oxygen atoms in total. The highest BCUT2D eigenvalue weighted by Crippen LogP contribution is 2.26. The number of aryl methyl sites for hydroxylation is 1. The van der Waals surface area contributed by atoms with Crippen LogP contribution in [0.1, 0.15) is 21.7 Å². The predicted octanol–water partition coefficient (Wildman–Crippen LogP) is 3.62. The predicted molar refractivity (Wildman–Crippen MR) is 81.2 cm³/mol. The molecule has 0 bridgehead atoms. The average Bonchev–Trinajstić information content (AvgIpc) is 2.84. The van der Waals surface area contributed by atoms with Crippen LogP contribution in [0.4, 0.5) is 10.1 Å². The van der Waals surface area contributed by atoms with Gasteiger partial charge in [0, 0.05) is 16.6 Å². The Kier molecular flexibility index (Phi) is 3.65. The summed E-state index contributed by atoms with van der Waals surface area (Å²) in [5, 5.41) is 12.4. The van der Waals surface area contributed by atoms with Crippen LogP contribution < -0.4 is 5.32 Å². The molecule has 0 unspecified atom stereocenters. The molecule has 0 radical (unpaired) electrons. The van der Waals surface area contributed by atoms with Crippen LogP contribution in [0.5, 0.6) is 0 Å². The summed E-state index contributed by atoms with van der Waals surface area (Å²) in [6.45, 7) is 1.61. The number of anilines is 1. The maximum absolute atomic E-state index is 13.3. The van der Waals surface area contributed by atoms with E-state index in [4.69, 9.17) is 9.52 Å². The summed E-state index contributed by atoms with van der Waals surface area (Å²) in [6, 6.07) is 11.0. The van der Waals surface area contributed by atoms with Gasteiger partial charge in [-0.1, -0.05) is 12.1 Å². The Morgan fingerprint density at radius 2 is 2.09 bits per heavy atom. The number of aliphatic hydroxyl groups is 1. The van der Waals surface area contributed by atoms with Crippen LogP contribution in [0.2, 0.25) is 0 Å². The topological polar surface area (TPSA) is 62.5 Å². The number of fused-ring (bicyclic) bond motifs is 1. The first kappa shape index (κ1) is 14.3. The van der Waals surface area contributed by atoms with Crippen molar-refractivity contribution in [2.45, 2.75) is 13.5 Å².